The zero-order chi connectivity index (χ0) is 11.5. The van der Waals surface area contributed by atoms with Crippen molar-refractivity contribution in [3.05, 3.63) is 30.1 Å². The van der Waals surface area contributed by atoms with Gasteiger partial charge in [-0.2, -0.15) is 17.0 Å². The van der Waals surface area contributed by atoms with Crippen LogP contribution in [0.5, 0.6) is 0 Å². The molecule has 0 radical (unpaired) electrons. The van der Waals surface area contributed by atoms with Crippen LogP contribution in [-0.2, 0) is 16.8 Å². The Bertz CT molecular complexity index is 403. The Morgan fingerprint density at radius 3 is 2.40 bits per heavy atom. The van der Waals surface area contributed by atoms with Gasteiger partial charge < -0.3 is 0 Å². The summed E-state index contributed by atoms with van der Waals surface area (Å²) in [7, 11) is 1.19. The van der Waals surface area contributed by atoms with Crippen LogP contribution in [0, 0.1) is 0 Å². The monoisotopic (exact) mass is 229 g/mol. The Kier molecular flexibility index (Phi) is 3.78. The first-order chi connectivity index (χ1) is 6.94. The second-order valence-electron chi connectivity index (χ2n) is 3.37. The molecule has 1 rings (SSSR count). The minimum atomic E-state index is -3.35. The molecule has 1 aromatic heterocycles. The molecule has 6 heteroatoms. The van der Waals surface area contributed by atoms with E-state index in [1.807, 2.05) is 6.07 Å². The maximum Gasteiger partial charge on any atom is 0.281 e. The molecule has 1 aromatic rings. The van der Waals surface area contributed by atoms with Crippen molar-refractivity contribution in [1.29, 1.82) is 0 Å². The number of hydrogen-bond donors (Lipinski definition) is 0. The summed E-state index contributed by atoms with van der Waals surface area (Å²) in [6.07, 6.45) is 1.64. The van der Waals surface area contributed by atoms with Gasteiger partial charge in [0.15, 0.2) is 0 Å². The fourth-order valence-electron chi connectivity index (χ4n) is 1.08. The lowest BCUT2D eigenvalue weighted by Gasteiger charge is -2.20. The molecule has 0 fully saturated rings. The highest BCUT2D eigenvalue weighted by atomic mass is 32.2. The molecule has 0 aliphatic carbocycles. The molecule has 0 atom stereocenters. The van der Waals surface area contributed by atoms with Gasteiger partial charge in [-0.25, -0.2) is 0 Å². The average molecular weight is 229 g/mol. The smallest absolute Gasteiger partial charge is 0.260 e. The summed E-state index contributed by atoms with van der Waals surface area (Å²) in [4.78, 5) is 4.07. The topological polar surface area (TPSA) is 53.5 Å². The van der Waals surface area contributed by atoms with Gasteiger partial charge in [0.1, 0.15) is 0 Å². The molecular formula is C9H15N3O2S. The molecule has 0 N–H and O–H groups in total. The summed E-state index contributed by atoms with van der Waals surface area (Å²) in [6, 6.07) is 5.42. The first-order valence-electron chi connectivity index (χ1n) is 4.48. The van der Waals surface area contributed by atoms with Crippen LogP contribution in [0.15, 0.2) is 24.4 Å². The Morgan fingerprint density at radius 1 is 1.27 bits per heavy atom. The van der Waals surface area contributed by atoms with Crippen molar-refractivity contribution >= 4 is 10.2 Å². The van der Waals surface area contributed by atoms with Crippen molar-refractivity contribution in [2.75, 3.05) is 21.1 Å². The summed E-state index contributed by atoms with van der Waals surface area (Å²) in [6.45, 7) is 0.279. The minimum absolute atomic E-state index is 0.279. The summed E-state index contributed by atoms with van der Waals surface area (Å²) in [5.74, 6) is 0. The predicted molar refractivity (Wildman–Crippen MR) is 58.3 cm³/mol. The van der Waals surface area contributed by atoms with E-state index in [1.165, 1.54) is 29.8 Å². The van der Waals surface area contributed by atoms with Crippen LogP contribution < -0.4 is 0 Å². The number of aromatic nitrogens is 1. The van der Waals surface area contributed by atoms with E-state index in [0.717, 1.165) is 5.69 Å². The zero-order valence-corrected chi connectivity index (χ0v) is 9.90. The molecule has 0 aliphatic rings. The molecule has 0 amide bonds. The molecule has 0 saturated carbocycles. The highest BCUT2D eigenvalue weighted by Crippen LogP contribution is 2.06. The van der Waals surface area contributed by atoms with Crippen LogP contribution in [0.2, 0.25) is 0 Å². The van der Waals surface area contributed by atoms with Gasteiger partial charge in [-0.3, -0.25) is 4.98 Å². The van der Waals surface area contributed by atoms with E-state index in [0.29, 0.717) is 0 Å². The number of hydrogen-bond acceptors (Lipinski definition) is 3. The van der Waals surface area contributed by atoms with Crippen LogP contribution >= 0.6 is 0 Å². The second kappa shape index (κ2) is 4.69. The van der Waals surface area contributed by atoms with E-state index >= 15 is 0 Å². The van der Waals surface area contributed by atoms with E-state index < -0.39 is 10.2 Å². The van der Waals surface area contributed by atoms with Crippen LogP contribution in [0.25, 0.3) is 0 Å². The Hall–Kier alpha value is -0.980. The highest BCUT2D eigenvalue weighted by molar-refractivity contribution is 7.86. The van der Waals surface area contributed by atoms with E-state index in [-0.39, 0.29) is 6.54 Å². The van der Waals surface area contributed by atoms with Crippen molar-refractivity contribution < 1.29 is 8.42 Å². The van der Waals surface area contributed by atoms with Gasteiger partial charge in [0, 0.05) is 27.3 Å². The lowest BCUT2D eigenvalue weighted by molar-refractivity contribution is 0.411. The lowest BCUT2D eigenvalue weighted by atomic mass is 10.3. The van der Waals surface area contributed by atoms with Crippen molar-refractivity contribution in [2.45, 2.75) is 6.54 Å². The molecular weight excluding hydrogens is 214 g/mol. The lowest BCUT2D eigenvalue weighted by Crippen LogP contribution is -2.37. The van der Waals surface area contributed by atoms with Gasteiger partial charge >= 0.3 is 0 Å². The standard InChI is InChI=1S/C9H15N3O2S/c1-11(2)15(13,14)12(3)8-9-6-4-5-7-10-9/h4-7H,8H2,1-3H3. The first-order valence-corrected chi connectivity index (χ1v) is 5.88. The fraction of sp³-hybridized carbons (Fsp3) is 0.444. The summed E-state index contributed by atoms with van der Waals surface area (Å²) >= 11 is 0. The van der Waals surface area contributed by atoms with Gasteiger partial charge in [-0.05, 0) is 12.1 Å². The van der Waals surface area contributed by atoms with E-state index in [1.54, 1.807) is 18.3 Å². The third kappa shape index (κ3) is 2.98. The molecule has 15 heavy (non-hydrogen) atoms. The maximum absolute atomic E-state index is 11.7. The van der Waals surface area contributed by atoms with E-state index in [9.17, 15) is 8.42 Å². The SMILES string of the molecule is CN(C)S(=O)(=O)N(C)Cc1ccccn1. The Labute approximate surface area is 90.5 Å². The molecule has 84 valence electrons. The quantitative estimate of drug-likeness (QED) is 0.747. The van der Waals surface area contributed by atoms with E-state index in [4.69, 9.17) is 0 Å². The van der Waals surface area contributed by atoms with Gasteiger partial charge in [0.25, 0.3) is 10.2 Å². The Balaban J connectivity index is 2.77. The molecule has 5 nitrogen and oxygen atoms in total. The molecule has 0 aromatic carbocycles. The van der Waals surface area contributed by atoms with Crippen LogP contribution in [0.4, 0.5) is 0 Å². The third-order valence-electron chi connectivity index (χ3n) is 1.97. The molecule has 1 heterocycles. The highest BCUT2D eigenvalue weighted by Gasteiger charge is 2.20. The molecule has 0 bridgehead atoms. The number of nitrogens with zero attached hydrogens (tertiary/aromatic N) is 3. The fourth-order valence-corrected chi connectivity index (χ4v) is 1.93. The van der Waals surface area contributed by atoms with Crippen molar-refractivity contribution in [3.8, 4) is 0 Å². The van der Waals surface area contributed by atoms with Gasteiger partial charge in [-0.15, -0.1) is 0 Å². The average Bonchev–Trinajstić information content (AvgIpc) is 2.18. The van der Waals surface area contributed by atoms with Gasteiger partial charge in [0.2, 0.25) is 0 Å². The maximum atomic E-state index is 11.7. The first kappa shape index (κ1) is 12.1. The van der Waals surface area contributed by atoms with Crippen molar-refractivity contribution in [3.63, 3.8) is 0 Å². The molecule has 0 spiro atoms. The number of rotatable bonds is 4. The van der Waals surface area contributed by atoms with Crippen LogP contribution in [-0.4, -0.2) is 43.2 Å². The molecule has 0 saturated heterocycles. The minimum Gasteiger partial charge on any atom is -0.260 e. The Morgan fingerprint density at radius 2 is 1.93 bits per heavy atom. The van der Waals surface area contributed by atoms with E-state index in [2.05, 4.69) is 4.98 Å². The number of pyridine rings is 1. The predicted octanol–water partition coefficient (Wildman–Crippen LogP) is 0.320. The molecule has 0 aliphatic heterocycles. The van der Waals surface area contributed by atoms with Gasteiger partial charge in [-0.1, -0.05) is 6.07 Å². The van der Waals surface area contributed by atoms with Crippen LogP contribution in [0.3, 0.4) is 0 Å². The summed E-state index contributed by atoms with van der Waals surface area (Å²) in [5.41, 5.74) is 0.727. The van der Waals surface area contributed by atoms with Crippen molar-refractivity contribution in [2.24, 2.45) is 0 Å². The third-order valence-corrected chi connectivity index (χ3v) is 3.81. The summed E-state index contributed by atoms with van der Waals surface area (Å²) in [5, 5.41) is 0. The van der Waals surface area contributed by atoms with Crippen LogP contribution in [0.1, 0.15) is 5.69 Å². The molecule has 0 unspecified atom stereocenters. The van der Waals surface area contributed by atoms with Gasteiger partial charge in [0.05, 0.1) is 12.2 Å². The zero-order valence-electron chi connectivity index (χ0n) is 9.08. The second-order valence-corrected chi connectivity index (χ2v) is 5.62. The largest absolute Gasteiger partial charge is 0.281 e. The normalized spacial score (nSPS) is 12.3. The van der Waals surface area contributed by atoms with Crippen molar-refractivity contribution in [1.82, 2.24) is 13.6 Å². The summed E-state index contributed by atoms with van der Waals surface area (Å²) < 4.78 is 25.8.